The quantitative estimate of drug-likeness (QED) is 0.851. The molecule has 0 atom stereocenters. The molecule has 2 N–H and O–H groups in total. The molecular formula is C13H20N2O3S. The maximum absolute atomic E-state index is 12.2. The SMILES string of the molecule is CN(C)C1(CNS(=O)(=O)c2ccccc2O)CCC1. The molecule has 1 aliphatic rings. The first-order chi connectivity index (χ1) is 8.87. The molecule has 19 heavy (non-hydrogen) atoms. The molecule has 0 spiro atoms. The van der Waals surface area contributed by atoms with Gasteiger partial charge in [-0.05, 0) is 45.5 Å². The van der Waals surface area contributed by atoms with Crippen LogP contribution in [0.4, 0.5) is 0 Å². The number of benzene rings is 1. The normalized spacial score (nSPS) is 18.3. The second-order valence-corrected chi connectivity index (χ2v) is 7.00. The predicted octanol–water partition coefficient (Wildman–Crippen LogP) is 1.15. The number of sulfonamides is 1. The summed E-state index contributed by atoms with van der Waals surface area (Å²) >= 11 is 0. The summed E-state index contributed by atoms with van der Waals surface area (Å²) in [5, 5.41) is 9.63. The van der Waals surface area contributed by atoms with E-state index in [-0.39, 0.29) is 16.2 Å². The van der Waals surface area contributed by atoms with Gasteiger partial charge < -0.3 is 10.0 Å². The van der Waals surface area contributed by atoms with Gasteiger partial charge in [0.15, 0.2) is 0 Å². The molecule has 106 valence electrons. The van der Waals surface area contributed by atoms with Crippen molar-refractivity contribution in [3.63, 3.8) is 0 Å². The van der Waals surface area contributed by atoms with Crippen LogP contribution in [0.5, 0.6) is 5.75 Å². The molecule has 0 saturated heterocycles. The smallest absolute Gasteiger partial charge is 0.244 e. The highest BCUT2D eigenvalue weighted by atomic mass is 32.2. The second-order valence-electron chi connectivity index (χ2n) is 5.26. The van der Waals surface area contributed by atoms with Crippen LogP contribution >= 0.6 is 0 Å². The van der Waals surface area contributed by atoms with Crippen LogP contribution in [0.15, 0.2) is 29.2 Å². The van der Waals surface area contributed by atoms with Crippen LogP contribution in [-0.4, -0.2) is 44.6 Å². The van der Waals surface area contributed by atoms with Crippen molar-refractivity contribution < 1.29 is 13.5 Å². The Balaban J connectivity index is 2.13. The van der Waals surface area contributed by atoms with Gasteiger partial charge in [0.1, 0.15) is 10.6 Å². The number of phenolic OH excluding ortho intramolecular Hbond substituents is 1. The Labute approximate surface area is 114 Å². The summed E-state index contributed by atoms with van der Waals surface area (Å²) in [4.78, 5) is 2.01. The summed E-state index contributed by atoms with van der Waals surface area (Å²) in [6, 6.07) is 5.97. The lowest BCUT2D eigenvalue weighted by Gasteiger charge is -2.47. The number of rotatable bonds is 5. The lowest BCUT2D eigenvalue weighted by atomic mass is 9.76. The minimum atomic E-state index is -3.66. The first kappa shape index (κ1) is 14.3. The monoisotopic (exact) mass is 284 g/mol. The van der Waals surface area contributed by atoms with Crippen LogP contribution in [0, 0.1) is 0 Å². The number of likely N-dealkylation sites (N-methyl/N-ethyl adjacent to an activating group) is 1. The fourth-order valence-electron chi connectivity index (χ4n) is 2.36. The zero-order chi connectivity index (χ0) is 14.1. The second kappa shape index (κ2) is 5.11. The van der Waals surface area contributed by atoms with Crippen molar-refractivity contribution in [2.75, 3.05) is 20.6 Å². The third kappa shape index (κ3) is 2.75. The van der Waals surface area contributed by atoms with Crippen molar-refractivity contribution in [1.29, 1.82) is 0 Å². The van der Waals surface area contributed by atoms with Crippen LogP contribution in [-0.2, 0) is 10.0 Å². The van der Waals surface area contributed by atoms with Gasteiger partial charge in [0, 0.05) is 12.1 Å². The maximum atomic E-state index is 12.2. The number of phenols is 1. The molecule has 0 aliphatic heterocycles. The van der Waals surface area contributed by atoms with Gasteiger partial charge in [0.2, 0.25) is 10.0 Å². The minimum Gasteiger partial charge on any atom is -0.507 e. The third-order valence-electron chi connectivity index (χ3n) is 3.98. The van der Waals surface area contributed by atoms with Gasteiger partial charge in [0.05, 0.1) is 0 Å². The molecule has 1 aromatic rings. The van der Waals surface area contributed by atoms with Crippen molar-refractivity contribution >= 4 is 10.0 Å². The van der Waals surface area contributed by atoms with E-state index in [4.69, 9.17) is 0 Å². The summed E-state index contributed by atoms with van der Waals surface area (Å²) in [5.41, 5.74) is -0.0858. The van der Waals surface area contributed by atoms with Crippen molar-refractivity contribution in [1.82, 2.24) is 9.62 Å². The molecular weight excluding hydrogens is 264 g/mol. The molecule has 1 aromatic carbocycles. The molecule has 1 fully saturated rings. The van der Waals surface area contributed by atoms with Crippen LogP contribution in [0.1, 0.15) is 19.3 Å². The summed E-state index contributed by atoms with van der Waals surface area (Å²) in [6.45, 7) is 0.372. The highest BCUT2D eigenvalue weighted by Gasteiger charge is 2.40. The first-order valence-electron chi connectivity index (χ1n) is 6.32. The molecule has 0 unspecified atom stereocenters. The third-order valence-corrected chi connectivity index (χ3v) is 5.43. The van der Waals surface area contributed by atoms with Crippen LogP contribution in [0.2, 0.25) is 0 Å². The average molecular weight is 284 g/mol. The Bertz CT molecular complexity index is 551. The number of hydrogen-bond acceptors (Lipinski definition) is 4. The van der Waals surface area contributed by atoms with Crippen LogP contribution in [0.25, 0.3) is 0 Å². The zero-order valence-corrected chi connectivity index (χ0v) is 12.1. The van der Waals surface area contributed by atoms with E-state index < -0.39 is 10.0 Å². The number of aromatic hydroxyl groups is 1. The maximum Gasteiger partial charge on any atom is 0.244 e. The summed E-state index contributed by atoms with van der Waals surface area (Å²) in [5.74, 6) is -0.220. The lowest BCUT2D eigenvalue weighted by Crippen LogP contribution is -2.57. The molecule has 1 saturated carbocycles. The number of nitrogens with one attached hydrogen (secondary N) is 1. The van der Waals surface area contributed by atoms with Gasteiger partial charge in [-0.1, -0.05) is 12.1 Å². The van der Waals surface area contributed by atoms with E-state index in [0.717, 1.165) is 19.3 Å². The van der Waals surface area contributed by atoms with Gasteiger partial charge in [-0.25, -0.2) is 13.1 Å². The molecule has 0 amide bonds. The van der Waals surface area contributed by atoms with E-state index in [0.29, 0.717) is 6.54 Å². The Morgan fingerprint density at radius 3 is 2.42 bits per heavy atom. The number of nitrogens with zero attached hydrogens (tertiary/aromatic N) is 1. The van der Waals surface area contributed by atoms with Gasteiger partial charge in [-0.15, -0.1) is 0 Å². The topological polar surface area (TPSA) is 69.6 Å². The fraction of sp³-hybridized carbons (Fsp3) is 0.538. The standard InChI is InChI=1S/C13H20N2O3S/c1-15(2)13(8-5-9-13)10-14-19(17,18)12-7-4-3-6-11(12)16/h3-4,6-7,14,16H,5,8-10H2,1-2H3. The predicted molar refractivity (Wildman–Crippen MR) is 73.6 cm³/mol. The molecule has 0 aromatic heterocycles. The minimum absolute atomic E-state index is 0.0665. The fourth-order valence-corrected chi connectivity index (χ4v) is 3.57. The van der Waals surface area contributed by atoms with Crippen LogP contribution < -0.4 is 4.72 Å². The molecule has 0 heterocycles. The molecule has 1 aliphatic carbocycles. The van der Waals surface area contributed by atoms with E-state index in [9.17, 15) is 13.5 Å². The van der Waals surface area contributed by atoms with Crippen molar-refractivity contribution in [2.24, 2.45) is 0 Å². The Hall–Kier alpha value is -1.11. The number of hydrogen-bond donors (Lipinski definition) is 2. The van der Waals surface area contributed by atoms with Gasteiger partial charge >= 0.3 is 0 Å². The largest absolute Gasteiger partial charge is 0.507 e. The van der Waals surface area contributed by atoms with E-state index in [1.165, 1.54) is 12.1 Å². The molecule has 0 bridgehead atoms. The van der Waals surface area contributed by atoms with Crippen molar-refractivity contribution in [2.45, 2.75) is 29.7 Å². The van der Waals surface area contributed by atoms with Crippen molar-refractivity contribution in [3.05, 3.63) is 24.3 Å². The average Bonchev–Trinajstić information content (AvgIpc) is 2.27. The first-order valence-corrected chi connectivity index (χ1v) is 7.81. The van der Waals surface area contributed by atoms with E-state index in [1.807, 2.05) is 14.1 Å². The summed E-state index contributed by atoms with van der Waals surface area (Å²) < 4.78 is 27.0. The van der Waals surface area contributed by atoms with E-state index in [2.05, 4.69) is 9.62 Å². The van der Waals surface area contributed by atoms with Gasteiger partial charge in [-0.2, -0.15) is 0 Å². The molecule has 0 radical (unpaired) electrons. The summed E-state index contributed by atoms with van der Waals surface area (Å²) in [7, 11) is 0.271. The molecule has 6 heteroatoms. The van der Waals surface area contributed by atoms with E-state index in [1.54, 1.807) is 12.1 Å². The van der Waals surface area contributed by atoms with Crippen molar-refractivity contribution in [3.8, 4) is 5.75 Å². The van der Waals surface area contributed by atoms with E-state index >= 15 is 0 Å². The van der Waals surface area contributed by atoms with Crippen LogP contribution in [0.3, 0.4) is 0 Å². The Morgan fingerprint density at radius 1 is 1.32 bits per heavy atom. The number of para-hydroxylation sites is 1. The summed E-state index contributed by atoms with van der Waals surface area (Å²) in [6.07, 6.45) is 3.10. The lowest BCUT2D eigenvalue weighted by molar-refractivity contribution is 0.0656. The van der Waals surface area contributed by atoms with Gasteiger partial charge in [-0.3, -0.25) is 0 Å². The Kier molecular flexibility index (Phi) is 3.85. The Morgan fingerprint density at radius 2 is 1.95 bits per heavy atom. The van der Waals surface area contributed by atoms with Gasteiger partial charge in [0.25, 0.3) is 0 Å². The molecule has 5 nitrogen and oxygen atoms in total. The zero-order valence-electron chi connectivity index (χ0n) is 11.3. The highest BCUT2D eigenvalue weighted by molar-refractivity contribution is 7.89. The highest BCUT2D eigenvalue weighted by Crippen LogP contribution is 2.36. The molecule has 2 rings (SSSR count).